The van der Waals surface area contributed by atoms with Gasteiger partial charge in [0.2, 0.25) is 5.91 Å². The molecule has 0 aliphatic rings. The van der Waals surface area contributed by atoms with Crippen LogP contribution in [0.5, 0.6) is 0 Å². The molecule has 2 aromatic heterocycles. The van der Waals surface area contributed by atoms with Gasteiger partial charge in [-0.3, -0.25) is 19.1 Å². The van der Waals surface area contributed by atoms with Crippen molar-refractivity contribution in [3.63, 3.8) is 0 Å². The Morgan fingerprint density at radius 1 is 1.27 bits per heavy atom. The van der Waals surface area contributed by atoms with E-state index in [-0.39, 0.29) is 23.4 Å². The molecule has 2 heterocycles. The highest BCUT2D eigenvalue weighted by atomic mass is 32.2. The molecule has 0 unspecified atom stereocenters. The molecular formula is C17H19N5O3S. The number of benzene rings is 1. The molecule has 0 bridgehead atoms. The van der Waals surface area contributed by atoms with Crippen molar-refractivity contribution in [1.82, 2.24) is 19.5 Å². The van der Waals surface area contributed by atoms with Crippen LogP contribution in [0.4, 0.5) is 5.82 Å². The number of amides is 1. The molecule has 0 spiro atoms. The van der Waals surface area contributed by atoms with Crippen molar-refractivity contribution < 1.29 is 4.79 Å². The fraction of sp³-hybridized carbons (Fsp3) is 0.294. The average Bonchev–Trinajstić information content (AvgIpc) is 2.99. The summed E-state index contributed by atoms with van der Waals surface area (Å²) in [5, 5.41) is 3.27. The van der Waals surface area contributed by atoms with Gasteiger partial charge >= 0.3 is 5.69 Å². The first-order chi connectivity index (χ1) is 12.4. The maximum absolute atomic E-state index is 12.3. The van der Waals surface area contributed by atoms with Crippen molar-refractivity contribution in [2.45, 2.75) is 25.5 Å². The van der Waals surface area contributed by atoms with E-state index in [1.165, 1.54) is 22.4 Å². The Morgan fingerprint density at radius 2 is 2.04 bits per heavy atom. The van der Waals surface area contributed by atoms with Crippen molar-refractivity contribution in [1.29, 1.82) is 0 Å². The second kappa shape index (κ2) is 7.61. The fourth-order valence-electron chi connectivity index (χ4n) is 2.48. The minimum atomic E-state index is -0.546. The molecule has 0 atom stereocenters. The molecule has 0 radical (unpaired) electrons. The SMILES string of the molecule is CC(C)Cn1c(NC(=O)CSc2nc3ccccc3[nH]2)cc(=O)[nH]c1=O. The molecule has 1 amide bonds. The summed E-state index contributed by atoms with van der Waals surface area (Å²) in [6.07, 6.45) is 0. The summed E-state index contributed by atoms with van der Waals surface area (Å²) in [4.78, 5) is 45.6. The number of nitrogens with one attached hydrogen (secondary N) is 3. The van der Waals surface area contributed by atoms with E-state index in [0.29, 0.717) is 11.7 Å². The number of thioether (sulfide) groups is 1. The zero-order valence-electron chi connectivity index (χ0n) is 14.4. The quantitative estimate of drug-likeness (QED) is 0.570. The van der Waals surface area contributed by atoms with E-state index < -0.39 is 11.2 Å². The highest BCUT2D eigenvalue weighted by molar-refractivity contribution is 7.99. The lowest BCUT2D eigenvalue weighted by molar-refractivity contribution is -0.113. The first-order valence-corrected chi connectivity index (χ1v) is 9.12. The van der Waals surface area contributed by atoms with E-state index in [4.69, 9.17) is 0 Å². The Kier molecular flexibility index (Phi) is 5.27. The Morgan fingerprint density at radius 3 is 2.77 bits per heavy atom. The number of aromatic amines is 2. The molecule has 136 valence electrons. The normalized spacial score (nSPS) is 11.2. The average molecular weight is 373 g/mol. The fourth-order valence-corrected chi connectivity index (χ4v) is 3.17. The maximum atomic E-state index is 12.3. The Hall–Kier alpha value is -2.81. The molecule has 1 aromatic carbocycles. The maximum Gasteiger partial charge on any atom is 0.329 e. The summed E-state index contributed by atoms with van der Waals surface area (Å²) in [5.74, 6) is 0.155. The number of fused-ring (bicyclic) bond motifs is 1. The predicted octanol–water partition coefficient (Wildman–Crippen LogP) is 1.80. The number of rotatable bonds is 6. The van der Waals surface area contributed by atoms with E-state index in [1.807, 2.05) is 38.1 Å². The summed E-state index contributed by atoms with van der Waals surface area (Å²) < 4.78 is 1.36. The highest BCUT2D eigenvalue weighted by Crippen LogP contribution is 2.19. The first kappa shape index (κ1) is 18.0. The summed E-state index contributed by atoms with van der Waals surface area (Å²) in [6.45, 7) is 4.28. The van der Waals surface area contributed by atoms with Crippen molar-refractivity contribution in [2.75, 3.05) is 11.1 Å². The van der Waals surface area contributed by atoms with Gasteiger partial charge in [0, 0.05) is 12.6 Å². The zero-order chi connectivity index (χ0) is 18.7. The molecule has 26 heavy (non-hydrogen) atoms. The molecule has 0 saturated heterocycles. The smallest absolute Gasteiger partial charge is 0.329 e. The van der Waals surface area contributed by atoms with Gasteiger partial charge in [-0.05, 0) is 18.1 Å². The number of aromatic nitrogens is 4. The Labute approximate surface area is 153 Å². The highest BCUT2D eigenvalue weighted by Gasteiger charge is 2.12. The third-order valence-corrected chi connectivity index (χ3v) is 4.43. The second-order valence-electron chi connectivity index (χ2n) is 6.22. The lowest BCUT2D eigenvalue weighted by Crippen LogP contribution is -2.34. The van der Waals surface area contributed by atoms with Crippen LogP contribution in [0.25, 0.3) is 11.0 Å². The number of anilines is 1. The van der Waals surface area contributed by atoms with E-state index in [0.717, 1.165) is 11.0 Å². The van der Waals surface area contributed by atoms with Crippen LogP contribution < -0.4 is 16.6 Å². The summed E-state index contributed by atoms with van der Waals surface area (Å²) in [6, 6.07) is 8.81. The van der Waals surface area contributed by atoms with Crippen molar-refractivity contribution in [3.05, 3.63) is 51.2 Å². The number of hydrogen-bond donors (Lipinski definition) is 3. The minimum absolute atomic E-state index is 0.0997. The van der Waals surface area contributed by atoms with E-state index >= 15 is 0 Å². The summed E-state index contributed by atoms with van der Waals surface area (Å²) >= 11 is 1.25. The van der Waals surface area contributed by atoms with E-state index in [9.17, 15) is 14.4 Å². The van der Waals surface area contributed by atoms with Crippen LogP contribution in [0.15, 0.2) is 45.1 Å². The molecule has 3 N–H and O–H groups in total. The van der Waals surface area contributed by atoms with Gasteiger partial charge in [-0.1, -0.05) is 37.7 Å². The standard InChI is InChI=1S/C17H19N5O3S/c1-10(2)8-22-13(7-14(23)21-17(22)25)20-15(24)9-26-16-18-11-5-3-4-6-12(11)19-16/h3-7,10H,8-9H2,1-2H3,(H,18,19)(H,20,24)(H,21,23,25). The minimum Gasteiger partial charge on any atom is -0.333 e. The monoisotopic (exact) mass is 373 g/mol. The van der Waals surface area contributed by atoms with Gasteiger partial charge in [-0.15, -0.1) is 0 Å². The van der Waals surface area contributed by atoms with Gasteiger partial charge in [0.15, 0.2) is 5.16 Å². The van der Waals surface area contributed by atoms with Crippen molar-refractivity contribution >= 4 is 34.5 Å². The van der Waals surface area contributed by atoms with Crippen molar-refractivity contribution in [2.24, 2.45) is 5.92 Å². The van der Waals surface area contributed by atoms with Crippen molar-refractivity contribution in [3.8, 4) is 0 Å². The van der Waals surface area contributed by atoms with Crippen LogP contribution in [0.2, 0.25) is 0 Å². The molecule has 0 aliphatic carbocycles. The number of carbonyl (C=O) groups is 1. The molecule has 0 aliphatic heterocycles. The summed E-state index contributed by atoms with van der Waals surface area (Å²) in [5.41, 5.74) is 0.647. The van der Waals surface area contributed by atoms with Gasteiger partial charge in [-0.25, -0.2) is 9.78 Å². The third-order valence-electron chi connectivity index (χ3n) is 3.56. The third kappa shape index (κ3) is 4.23. The van der Waals surface area contributed by atoms with Gasteiger partial charge in [0.05, 0.1) is 16.8 Å². The number of carbonyl (C=O) groups excluding carboxylic acids is 1. The van der Waals surface area contributed by atoms with Crippen LogP contribution in [-0.4, -0.2) is 31.2 Å². The zero-order valence-corrected chi connectivity index (χ0v) is 15.2. The molecule has 3 rings (SSSR count). The number of nitrogens with zero attached hydrogens (tertiary/aromatic N) is 2. The molecule has 8 nitrogen and oxygen atoms in total. The van der Waals surface area contributed by atoms with Crippen LogP contribution >= 0.6 is 11.8 Å². The lowest BCUT2D eigenvalue weighted by atomic mass is 10.2. The lowest BCUT2D eigenvalue weighted by Gasteiger charge is -2.14. The largest absolute Gasteiger partial charge is 0.333 e. The summed E-state index contributed by atoms with van der Waals surface area (Å²) in [7, 11) is 0. The number of para-hydroxylation sites is 2. The Balaban J connectivity index is 1.71. The Bertz CT molecular complexity index is 1020. The van der Waals surface area contributed by atoms with Gasteiger partial charge < -0.3 is 10.3 Å². The van der Waals surface area contributed by atoms with Gasteiger partial charge in [0.25, 0.3) is 5.56 Å². The van der Waals surface area contributed by atoms with Crippen LogP contribution in [0.1, 0.15) is 13.8 Å². The number of H-pyrrole nitrogens is 2. The number of hydrogen-bond acceptors (Lipinski definition) is 5. The molecule has 0 fully saturated rings. The first-order valence-electron chi connectivity index (χ1n) is 8.14. The van der Waals surface area contributed by atoms with E-state index in [2.05, 4.69) is 20.3 Å². The van der Waals surface area contributed by atoms with Gasteiger partial charge in [-0.2, -0.15) is 0 Å². The predicted molar refractivity (Wildman–Crippen MR) is 102 cm³/mol. The van der Waals surface area contributed by atoms with Crippen LogP contribution in [0, 0.1) is 5.92 Å². The van der Waals surface area contributed by atoms with E-state index in [1.54, 1.807) is 0 Å². The second-order valence-corrected chi connectivity index (χ2v) is 7.19. The van der Waals surface area contributed by atoms with Crippen LogP contribution in [-0.2, 0) is 11.3 Å². The molecular weight excluding hydrogens is 354 g/mol. The van der Waals surface area contributed by atoms with Crippen LogP contribution in [0.3, 0.4) is 0 Å². The number of imidazole rings is 1. The molecule has 0 saturated carbocycles. The molecule has 9 heteroatoms. The molecule has 3 aromatic rings. The topological polar surface area (TPSA) is 113 Å². The van der Waals surface area contributed by atoms with Gasteiger partial charge in [0.1, 0.15) is 5.82 Å².